The predicted octanol–water partition coefficient (Wildman–Crippen LogP) is 2.13. The Morgan fingerprint density at radius 3 is 2.58 bits per heavy atom. The number of esters is 1. The molecule has 2 heteroatoms. The Bertz CT molecular complexity index is 187. The van der Waals surface area contributed by atoms with Crippen molar-refractivity contribution in [2.45, 2.75) is 45.6 Å². The molecule has 0 aromatic rings. The molecule has 0 aliphatic heterocycles. The maximum atomic E-state index is 11.1. The summed E-state index contributed by atoms with van der Waals surface area (Å²) >= 11 is 0. The van der Waals surface area contributed by atoms with Crippen LogP contribution in [0.2, 0.25) is 0 Å². The summed E-state index contributed by atoms with van der Waals surface area (Å²) < 4.78 is 5.01. The number of ether oxygens (including phenoxy) is 1. The molecule has 0 spiro atoms. The first-order chi connectivity index (χ1) is 5.52. The number of hydrogen-bond acceptors (Lipinski definition) is 2. The largest absolute Gasteiger partial charge is 0.446 e. The van der Waals surface area contributed by atoms with Crippen LogP contribution < -0.4 is 0 Å². The van der Waals surface area contributed by atoms with Crippen LogP contribution in [0.25, 0.3) is 0 Å². The fourth-order valence-electron chi connectivity index (χ4n) is 0.686. The van der Waals surface area contributed by atoms with Crippen molar-refractivity contribution in [3.8, 4) is 12.3 Å². The van der Waals surface area contributed by atoms with Crippen LogP contribution in [0.1, 0.15) is 40.0 Å². The van der Waals surface area contributed by atoms with E-state index in [2.05, 4.69) is 5.92 Å². The predicted molar refractivity (Wildman–Crippen MR) is 48.5 cm³/mol. The van der Waals surface area contributed by atoms with Gasteiger partial charge in [-0.25, -0.2) is 0 Å². The summed E-state index contributed by atoms with van der Waals surface area (Å²) in [7, 11) is 0. The number of unbranched alkanes of at least 4 members (excludes halogenated alkanes) is 1. The highest BCUT2D eigenvalue weighted by molar-refractivity contribution is 5.70. The van der Waals surface area contributed by atoms with Gasteiger partial charge in [0.25, 0.3) is 0 Å². The zero-order valence-corrected chi connectivity index (χ0v) is 8.02. The molecule has 2 nitrogen and oxygen atoms in total. The lowest BCUT2D eigenvalue weighted by molar-refractivity contribution is -0.151. The van der Waals surface area contributed by atoms with Gasteiger partial charge >= 0.3 is 5.97 Å². The van der Waals surface area contributed by atoms with Crippen LogP contribution in [0, 0.1) is 12.3 Å². The molecular weight excluding hydrogens is 152 g/mol. The van der Waals surface area contributed by atoms with Gasteiger partial charge in [-0.3, -0.25) is 4.79 Å². The van der Waals surface area contributed by atoms with Gasteiger partial charge in [0.1, 0.15) is 0 Å². The van der Waals surface area contributed by atoms with Crippen molar-refractivity contribution in [2.24, 2.45) is 0 Å². The zero-order chi connectivity index (χ0) is 9.61. The van der Waals surface area contributed by atoms with E-state index in [4.69, 9.17) is 11.2 Å². The molecule has 0 atom stereocenters. The summed E-state index contributed by atoms with van der Waals surface area (Å²) in [6.45, 7) is 5.44. The fourth-order valence-corrected chi connectivity index (χ4v) is 0.686. The number of carbonyl (C=O) groups excluding carboxylic acids is 1. The molecule has 0 rings (SSSR count). The van der Waals surface area contributed by atoms with E-state index in [0.29, 0.717) is 6.42 Å². The number of carbonyl (C=O) groups is 1. The van der Waals surface area contributed by atoms with E-state index in [0.717, 1.165) is 12.8 Å². The van der Waals surface area contributed by atoms with Gasteiger partial charge in [-0.05, 0) is 20.3 Å². The lowest BCUT2D eigenvalue weighted by atomic mass is 10.1. The maximum Gasteiger partial charge on any atom is 0.307 e. The van der Waals surface area contributed by atoms with Gasteiger partial charge in [0.05, 0.1) is 0 Å². The summed E-state index contributed by atoms with van der Waals surface area (Å²) in [5.41, 5.74) is -0.759. The molecule has 0 saturated carbocycles. The standard InChI is InChI=1S/C10H16O2/c1-5-7-8-9(11)12-10(3,4)6-2/h2H,5,7-8H2,1,3-4H3. The Hall–Kier alpha value is -0.970. The first-order valence-electron chi connectivity index (χ1n) is 4.21. The van der Waals surface area contributed by atoms with Gasteiger partial charge < -0.3 is 4.74 Å². The summed E-state index contributed by atoms with van der Waals surface area (Å²) in [5, 5.41) is 0. The fraction of sp³-hybridized carbons (Fsp3) is 0.700. The molecule has 0 bridgehead atoms. The molecular formula is C10H16O2. The van der Waals surface area contributed by atoms with Gasteiger partial charge in [0.2, 0.25) is 0 Å². The minimum Gasteiger partial charge on any atom is -0.446 e. The Morgan fingerprint density at radius 1 is 1.58 bits per heavy atom. The third-order valence-electron chi connectivity index (χ3n) is 1.45. The third-order valence-corrected chi connectivity index (χ3v) is 1.45. The topological polar surface area (TPSA) is 26.3 Å². The Labute approximate surface area is 74.3 Å². The minimum atomic E-state index is -0.759. The minimum absolute atomic E-state index is 0.209. The molecule has 0 fully saturated rings. The van der Waals surface area contributed by atoms with Gasteiger partial charge in [-0.1, -0.05) is 19.3 Å². The van der Waals surface area contributed by atoms with Crippen molar-refractivity contribution < 1.29 is 9.53 Å². The molecule has 0 N–H and O–H groups in total. The van der Waals surface area contributed by atoms with Crippen LogP contribution >= 0.6 is 0 Å². The van der Waals surface area contributed by atoms with Gasteiger partial charge in [-0.2, -0.15) is 0 Å². The zero-order valence-electron chi connectivity index (χ0n) is 8.02. The van der Waals surface area contributed by atoms with E-state index < -0.39 is 5.60 Å². The average molecular weight is 168 g/mol. The summed E-state index contributed by atoms with van der Waals surface area (Å²) in [6.07, 6.45) is 7.47. The van der Waals surface area contributed by atoms with Crippen molar-refractivity contribution in [3.05, 3.63) is 0 Å². The lowest BCUT2D eigenvalue weighted by Gasteiger charge is -2.18. The summed E-state index contributed by atoms with van der Waals surface area (Å²) in [6, 6.07) is 0. The van der Waals surface area contributed by atoms with E-state index >= 15 is 0 Å². The third kappa shape index (κ3) is 4.79. The van der Waals surface area contributed by atoms with Crippen LogP contribution in [0.3, 0.4) is 0 Å². The Morgan fingerprint density at radius 2 is 2.17 bits per heavy atom. The molecule has 0 aliphatic rings. The molecule has 0 heterocycles. The highest BCUT2D eigenvalue weighted by Gasteiger charge is 2.18. The van der Waals surface area contributed by atoms with Gasteiger partial charge in [0.15, 0.2) is 5.60 Å². The van der Waals surface area contributed by atoms with Crippen LogP contribution in [0.15, 0.2) is 0 Å². The SMILES string of the molecule is C#CC(C)(C)OC(=O)CCCC. The summed E-state index contributed by atoms with van der Waals surface area (Å²) in [5.74, 6) is 2.20. The van der Waals surface area contributed by atoms with Crippen LogP contribution in [-0.2, 0) is 9.53 Å². The summed E-state index contributed by atoms with van der Waals surface area (Å²) in [4.78, 5) is 11.1. The van der Waals surface area contributed by atoms with E-state index in [1.54, 1.807) is 13.8 Å². The second-order valence-electron chi connectivity index (χ2n) is 3.23. The molecule has 0 unspecified atom stereocenters. The molecule has 0 radical (unpaired) electrons. The van der Waals surface area contributed by atoms with Crippen LogP contribution in [0.5, 0.6) is 0 Å². The normalized spacial score (nSPS) is 10.5. The second kappa shape index (κ2) is 4.82. The molecule has 0 aliphatic carbocycles. The van der Waals surface area contributed by atoms with E-state index in [-0.39, 0.29) is 5.97 Å². The molecule has 0 amide bonds. The van der Waals surface area contributed by atoms with Gasteiger partial charge in [0, 0.05) is 6.42 Å². The van der Waals surface area contributed by atoms with E-state index in [1.807, 2.05) is 6.92 Å². The molecule has 0 saturated heterocycles. The molecule has 0 aromatic heterocycles. The van der Waals surface area contributed by atoms with Crippen molar-refractivity contribution in [3.63, 3.8) is 0 Å². The van der Waals surface area contributed by atoms with E-state index in [1.165, 1.54) is 0 Å². The highest BCUT2D eigenvalue weighted by Crippen LogP contribution is 2.09. The molecule has 0 aromatic carbocycles. The van der Waals surface area contributed by atoms with Gasteiger partial charge in [-0.15, -0.1) is 6.42 Å². The first-order valence-corrected chi connectivity index (χ1v) is 4.21. The molecule has 68 valence electrons. The Balaban J connectivity index is 3.78. The van der Waals surface area contributed by atoms with Crippen molar-refractivity contribution in [1.82, 2.24) is 0 Å². The number of terminal acetylenes is 1. The van der Waals surface area contributed by atoms with E-state index in [9.17, 15) is 4.79 Å². The van der Waals surface area contributed by atoms with Crippen molar-refractivity contribution in [2.75, 3.05) is 0 Å². The van der Waals surface area contributed by atoms with Crippen molar-refractivity contribution in [1.29, 1.82) is 0 Å². The monoisotopic (exact) mass is 168 g/mol. The average Bonchev–Trinajstić information content (AvgIpc) is 2.00. The van der Waals surface area contributed by atoms with Crippen LogP contribution in [-0.4, -0.2) is 11.6 Å². The molecule has 12 heavy (non-hydrogen) atoms. The first kappa shape index (κ1) is 11.0. The second-order valence-corrected chi connectivity index (χ2v) is 3.23. The lowest BCUT2D eigenvalue weighted by Crippen LogP contribution is -2.25. The maximum absolute atomic E-state index is 11.1. The number of hydrogen-bond donors (Lipinski definition) is 0. The quantitative estimate of drug-likeness (QED) is 0.475. The number of rotatable bonds is 4. The van der Waals surface area contributed by atoms with Crippen LogP contribution in [0.4, 0.5) is 0 Å². The Kier molecular flexibility index (Phi) is 4.43. The van der Waals surface area contributed by atoms with Crippen molar-refractivity contribution >= 4 is 5.97 Å². The highest BCUT2D eigenvalue weighted by atomic mass is 16.6. The smallest absolute Gasteiger partial charge is 0.307 e.